The van der Waals surface area contributed by atoms with Crippen molar-refractivity contribution in [1.29, 1.82) is 0 Å². The van der Waals surface area contributed by atoms with Gasteiger partial charge in [-0.25, -0.2) is 9.97 Å². The minimum absolute atomic E-state index is 0.504. The summed E-state index contributed by atoms with van der Waals surface area (Å²) < 4.78 is 0. The molecule has 0 aliphatic carbocycles. The normalized spacial score (nSPS) is 19.0. The van der Waals surface area contributed by atoms with Crippen molar-refractivity contribution in [2.45, 2.75) is 25.3 Å². The highest BCUT2D eigenvalue weighted by atomic mass is 32.1. The molecule has 1 fully saturated rings. The monoisotopic (exact) mass is 325 g/mol. The van der Waals surface area contributed by atoms with Crippen LogP contribution < -0.4 is 0 Å². The van der Waals surface area contributed by atoms with Crippen molar-refractivity contribution in [1.82, 2.24) is 25.1 Å². The number of nitrogens with one attached hydrogen (secondary N) is 1. The first-order valence-corrected chi connectivity index (χ1v) is 8.82. The molecule has 0 amide bonds. The van der Waals surface area contributed by atoms with E-state index >= 15 is 0 Å². The number of aromatic amines is 1. The van der Waals surface area contributed by atoms with E-state index in [1.807, 2.05) is 18.5 Å². The fourth-order valence-electron chi connectivity index (χ4n) is 3.29. The Kier molecular flexibility index (Phi) is 4.17. The first-order chi connectivity index (χ1) is 11.4. The van der Waals surface area contributed by atoms with E-state index in [2.05, 4.69) is 42.6 Å². The molecule has 0 aromatic carbocycles. The van der Waals surface area contributed by atoms with Crippen LogP contribution in [-0.2, 0) is 6.54 Å². The van der Waals surface area contributed by atoms with Crippen molar-refractivity contribution in [2.24, 2.45) is 0 Å². The van der Waals surface area contributed by atoms with Gasteiger partial charge < -0.3 is 0 Å². The van der Waals surface area contributed by atoms with Crippen molar-refractivity contribution in [3.05, 3.63) is 53.6 Å². The number of nitrogens with zero attached hydrogens (tertiary/aromatic N) is 4. The molecule has 3 aromatic rings. The van der Waals surface area contributed by atoms with Gasteiger partial charge in [0.05, 0.1) is 16.8 Å². The first kappa shape index (κ1) is 14.5. The Morgan fingerprint density at radius 3 is 3.17 bits per heavy atom. The molecule has 1 atom stereocenters. The molecule has 1 aliphatic rings. The molecule has 0 spiro atoms. The van der Waals surface area contributed by atoms with Gasteiger partial charge in [-0.1, -0.05) is 6.07 Å². The Labute approximate surface area is 139 Å². The predicted molar refractivity (Wildman–Crippen MR) is 91.2 cm³/mol. The molecule has 1 aliphatic heterocycles. The van der Waals surface area contributed by atoms with E-state index in [4.69, 9.17) is 0 Å². The van der Waals surface area contributed by atoms with Crippen molar-refractivity contribution in [3.8, 4) is 10.6 Å². The summed E-state index contributed by atoms with van der Waals surface area (Å²) in [4.78, 5) is 12.2. The molecule has 6 heteroatoms. The van der Waals surface area contributed by atoms with Crippen LogP contribution in [0.1, 0.15) is 30.0 Å². The molecule has 0 bridgehead atoms. The average Bonchev–Trinajstić information content (AvgIpc) is 3.27. The fourth-order valence-corrected chi connectivity index (χ4v) is 4.04. The summed E-state index contributed by atoms with van der Waals surface area (Å²) in [5.41, 5.74) is 3.59. The molecular weight excluding hydrogens is 306 g/mol. The van der Waals surface area contributed by atoms with Crippen LogP contribution in [0.15, 0.2) is 42.3 Å². The van der Waals surface area contributed by atoms with E-state index in [-0.39, 0.29) is 0 Å². The Morgan fingerprint density at radius 2 is 2.35 bits per heavy atom. The number of hydrogen-bond donors (Lipinski definition) is 1. The van der Waals surface area contributed by atoms with Gasteiger partial charge in [-0.3, -0.25) is 10.00 Å². The van der Waals surface area contributed by atoms with E-state index in [0.29, 0.717) is 5.92 Å². The second-order valence-corrected chi connectivity index (χ2v) is 6.90. The predicted octanol–water partition coefficient (Wildman–Crippen LogP) is 3.31. The number of H-pyrrole nitrogens is 1. The number of aromatic nitrogens is 4. The first-order valence-electron chi connectivity index (χ1n) is 7.94. The molecule has 118 valence electrons. The Morgan fingerprint density at radius 1 is 1.35 bits per heavy atom. The van der Waals surface area contributed by atoms with Gasteiger partial charge in [0.2, 0.25) is 0 Å². The average molecular weight is 325 g/mol. The van der Waals surface area contributed by atoms with E-state index in [1.54, 1.807) is 17.7 Å². The summed E-state index contributed by atoms with van der Waals surface area (Å²) in [5.74, 6) is 0.504. The maximum atomic E-state index is 4.44. The van der Waals surface area contributed by atoms with Gasteiger partial charge in [-0.05, 0) is 36.9 Å². The van der Waals surface area contributed by atoms with Crippen LogP contribution in [0.5, 0.6) is 0 Å². The molecule has 4 heterocycles. The van der Waals surface area contributed by atoms with Crippen LogP contribution in [0.4, 0.5) is 0 Å². The lowest BCUT2D eigenvalue weighted by molar-refractivity contribution is 0.198. The highest BCUT2D eigenvalue weighted by Crippen LogP contribution is 2.29. The topological polar surface area (TPSA) is 57.7 Å². The molecule has 0 radical (unpaired) electrons. The molecular formula is C17H19N5S. The fraction of sp³-hybridized carbons (Fsp3) is 0.353. The number of rotatable bonds is 4. The lowest BCUT2D eigenvalue weighted by Crippen LogP contribution is -2.34. The maximum Gasteiger partial charge on any atom is 0.115 e. The Bertz CT molecular complexity index is 737. The third-order valence-electron chi connectivity index (χ3n) is 4.41. The van der Waals surface area contributed by atoms with E-state index < -0.39 is 0 Å². The maximum absolute atomic E-state index is 4.44. The minimum Gasteiger partial charge on any atom is -0.298 e. The summed E-state index contributed by atoms with van der Waals surface area (Å²) >= 11 is 1.75. The lowest BCUT2D eigenvalue weighted by Gasteiger charge is -2.32. The van der Waals surface area contributed by atoms with Crippen molar-refractivity contribution in [3.63, 3.8) is 0 Å². The van der Waals surface area contributed by atoms with Crippen molar-refractivity contribution < 1.29 is 0 Å². The molecule has 0 saturated carbocycles. The third-order valence-corrected chi connectivity index (χ3v) is 5.30. The number of hydrogen-bond acceptors (Lipinski definition) is 5. The highest BCUT2D eigenvalue weighted by molar-refractivity contribution is 7.13. The van der Waals surface area contributed by atoms with E-state index in [9.17, 15) is 0 Å². The zero-order valence-electron chi connectivity index (χ0n) is 12.9. The number of piperidine rings is 1. The van der Waals surface area contributed by atoms with Gasteiger partial charge in [-0.15, -0.1) is 11.3 Å². The summed E-state index contributed by atoms with van der Waals surface area (Å²) in [5, 5.41) is 9.51. The zero-order valence-corrected chi connectivity index (χ0v) is 13.7. The van der Waals surface area contributed by atoms with Gasteiger partial charge in [0.15, 0.2) is 0 Å². The van der Waals surface area contributed by atoms with Gasteiger partial charge in [-0.2, -0.15) is 5.10 Å². The minimum atomic E-state index is 0.504. The largest absolute Gasteiger partial charge is 0.298 e. The van der Waals surface area contributed by atoms with Crippen LogP contribution >= 0.6 is 11.3 Å². The Balaban J connectivity index is 1.48. The molecule has 1 saturated heterocycles. The van der Waals surface area contributed by atoms with Crippen molar-refractivity contribution in [2.75, 3.05) is 13.1 Å². The quantitative estimate of drug-likeness (QED) is 0.799. The number of likely N-dealkylation sites (tertiary alicyclic amines) is 1. The van der Waals surface area contributed by atoms with Crippen LogP contribution in [0, 0.1) is 0 Å². The van der Waals surface area contributed by atoms with Crippen LogP contribution in [0.2, 0.25) is 0 Å². The smallest absolute Gasteiger partial charge is 0.115 e. The zero-order chi connectivity index (χ0) is 15.5. The summed E-state index contributed by atoms with van der Waals surface area (Å²) in [6.07, 6.45) is 7.87. The van der Waals surface area contributed by atoms with E-state index in [0.717, 1.165) is 31.0 Å². The van der Waals surface area contributed by atoms with Gasteiger partial charge in [0, 0.05) is 36.5 Å². The second-order valence-electron chi connectivity index (χ2n) is 5.96. The van der Waals surface area contributed by atoms with Gasteiger partial charge in [0.1, 0.15) is 6.33 Å². The Hall–Kier alpha value is -2.05. The van der Waals surface area contributed by atoms with Crippen molar-refractivity contribution >= 4 is 11.3 Å². The molecule has 0 unspecified atom stereocenters. The van der Waals surface area contributed by atoms with E-state index in [1.165, 1.54) is 23.3 Å². The molecule has 3 aromatic heterocycles. The highest BCUT2D eigenvalue weighted by Gasteiger charge is 2.23. The molecule has 4 rings (SSSR count). The van der Waals surface area contributed by atoms with Crippen LogP contribution in [0.25, 0.3) is 10.6 Å². The molecule has 1 N–H and O–H groups in total. The summed E-state index contributed by atoms with van der Waals surface area (Å²) in [6.45, 7) is 3.12. The lowest BCUT2D eigenvalue weighted by atomic mass is 9.94. The molecule has 5 nitrogen and oxygen atoms in total. The van der Waals surface area contributed by atoms with Gasteiger partial charge in [0.25, 0.3) is 0 Å². The number of thiophene rings is 1. The summed E-state index contributed by atoms with van der Waals surface area (Å²) in [6, 6.07) is 6.27. The van der Waals surface area contributed by atoms with Gasteiger partial charge >= 0.3 is 0 Å². The standard InChI is InChI=1S/C17H19N5S/c1-3-13(15-5-6-18-12-19-15)10-22(7-1)11-14-9-20-21-17(14)16-4-2-8-23-16/h2,4-6,8-9,12-13H,1,3,7,10-11H2,(H,20,21)/t13-/m0/s1. The van der Waals surface area contributed by atoms with Crippen LogP contribution in [-0.4, -0.2) is 38.2 Å². The summed E-state index contributed by atoms with van der Waals surface area (Å²) in [7, 11) is 0. The SMILES string of the molecule is c1csc(-c2[nH]ncc2CN2CCC[C@H](c3ccncn3)C2)c1. The second kappa shape index (κ2) is 6.60. The third kappa shape index (κ3) is 3.18. The molecule has 23 heavy (non-hydrogen) atoms. The van der Waals surface area contributed by atoms with Crippen LogP contribution in [0.3, 0.4) is 0 Å².